The maximum atomic E-state index is 13.8. The molecule has 2 saturated carbocycles. The van der Waals surface area contributed by atoms with Crippen molar-refractivity contribution < 1.29 is 17.9 Å². The van der Waals surface area contributed by atoms with E-state index in [2.05, 4.69) is 22.9 Å². The fourth-order valence-electron chi connectivity index (χ4n) is 5.43. The highest BCUT2D eigenvalue weighted by molar-refractivity contribution is 7.89. The van der Waals surface area contributed by atoms with E-state index in [1.54, 1.807) is 12.1 Å². The third kappa shape index (κ3) is 4.53. The van der Waals surface area contributed by atoms with Gasteiger partial charge in [0.2, 0.25) is 10.0 Å². The number of sulfonamides is 1. The van der Waals surface area contributed by atoms with Gasteiger partial charge in [0.15, 0.2) is 0 Å². The van der Waals surface area contributed by atoms with E-state index in [1.807, 2.05) is 11.0 Å². The second kappa shape index (κ2) is 9.11. The molecule has 0 radical (unpaired) electrons. The minimum atomic E-state index is -3.79. The topological polar surface area (TPSA) is 75.7 Å². The lowest BCUT2D eigenvalue weighted by atomic mass is 9.86. The van der Waals surface area contributed by atoms with Crippen LogP contribution < -0.4 is 9.46 Å². The Hall–Kier alpha value is -2.38. The van der Waals surface area contributed by atoms with Gasteiger partial charge in [0, 0.05) is 17.6 Å². The number of fused-ring (bicyclic) bond motifs is 1. The normalized spacial score (nSPS) is 20.9. The largest absolute Gasteiger partial charge is 0.495 e. The van der Waals surface area contributed by atoms with E-state index in [-0.39, 0.29) is 34.7 Å². The minimum absolute atomic E-state index is 0.0359. The number of amides is 1. The Morgan fingerprint density at radius 1 is 1.00 bits per heavy atom. The van der Waals surface area contributed by atoms with Crippen molar-refractivity contribution >= 4 is 15.9 Å². The van der Waals surface area contributed by atoms with Crippen molar-refractivity contribution in [1.82, 2.24) is 9.62 Å². The Labute approximate surface area is 196 Å². The predicted molar refractivity (Wildman–Crippen MR) is 127 cm³/mol. The third-order valence-electron chi connectivity index (χ3n) is 7.23. The van der Waals surface area contributed by atoms with Gasteiger partial charge in [0.25, 0.3) is 5.91 Å². The summed E-state index contributed by atoms with van der Waals surface area (Å²) in [6, 6.07) is 13.4. The van der Waals surface area contributed by atoms with Crippen LogP contribution in [0.1, 0.15) is 78.9 Å². The van der Waals surface area contributed by atoms with Crippen molar-refractivity contribution in [2.45, 2.75) is 80.8 Å². The molecular formula is C26H32N2O4S. The van der Waals surface area contributed by atoms with Crippen molar-refractivity contribution in [3.8, 4) is 5.75 Å². The molecule has 0 aliphatic heterocycles. The van der Waals surface area contributed by atoms with E-state index < -0.39 is 10.0 Å². The number of benzene rings is 2. The monoisotopic (exact) mass is 468 g/mol. The molecule has 1 amide bonds. The van der Waals surface area contributed by atoms with Crippen LogP contribution in [0.25, 0.3) is 0 Å². The highest BCUT2D eigenvalue weighted by atomic mass is 32.2. The maximum absolute atomic E-state index is 13.8. The van der Waals surface area contributed by atoms with Gasteiger partial charge in [-0.05, 0) is 74.3 Å². The van der Waals surface area contributed by atoms with Gasteiger partial charge in [-0.25, -0.2) is 13.1 Å². The molecule has 6 nitrogen and oxygen atoms in total. The molecule has 7 heteroatoms. The first-order chi connectivity index (χ1) is 16.0. The second-order valence-electron chi connectivity index (χ2n) is 9.52. The van der Waals surface area contributed by atoms with E-state index in [0.717, 1.165) is 57.8 Å². The smallest absolute Gasteiger partial charge is 0.254 e. The van der Waals surface area contributed by atoms with Crippen LogP contribution in [0, 0.1) is 0 Å². The molecule has 3 aliphatic carbocycles. The lowest BCUT2D eigenvalue weighted by molar-refractivity contribution is 0.0637. The Bertz CT molecular complexity index is 1140. The molecule has 3 aliphatic rings. The van der Waals surface area contributed by atoms with Crippen molar-refractivity contribution in [3.63, 3.8) is 0 Å². The highest BCUT2D eigenvalue weighted by Gasteiger charge is 2.40. The summed E-state index contributed by atoms with van der Waals surface area (Å²) in [4.78, 5) is 15.9. The molecule has 2 aromatic carbocycles. The SMILES string of the molecule is COc1ccc(C(=O)N(C2CC2)C2CCCc3ccccc32)cc1S(=O)(=O)NC1CCCC1. The molecule has 5 rings (SSSR count). The molecule has 2 aromatic rings. The molecule has 33 heavy (non-hydrogen) atoms. The average Bonchev–Trinajstić information content (AvgIpc) is 3.54. The van der Waals surface area contributed by atoms with Crippen molar-refractivity contribution in [3.05, 3.63) is 59.2 Å². The van der Waals surface area contributed by atoms with E-state index in [4.69, 9.17) is 4.74 Å². The number of nitrogens with one attached hydrogen (secondary N) is 1. The summed E-state index contributed by atoms with van der Waals surface area (Å²) in [6.45, 7) is 0. The summed E-state index contributed by atoms with van der Waals surface area (Å²) in [5.74, 6) is 0.164. The van der Waals surface area contributed by atoms with Crippen molar-refractivity contribution in [2.24, 2.45) is 0 Å². The molecule has 0 bridgehead atoms. The van der Waals surface area contributed by atoms with E-state index >= 15 is 0 Å². The van der Waals surface area contributed by atoms with E-state index in [1.165, 1.54) is 24.3 Å². The van der Waals surface area contributed by atoms with E-state index in [0.29, 0.717) is 5.56 Å². The first-order valence-electron chi connectivity index (χ1n) is 12.1. The van der Waals surface area contributed by atoms with E-state index in [9.17, 15) is 13.2 Å². The zero-order chi connectivity index (χ0) is 23.0. The first kappa shape index (κ1) is 22.4. The zero-order valence-electron chi connectivity index (χ0n) is 19.1. The zero-order valence-corrected chi connectivity index (χ0v) is 19.9. The molecule has 1 N–H and O–H groups in total. The summed E-state index contributed by atoms with van der Waals surface area (Å²) < 4.78 is 34.6. The fourth-order valence-corrected chi connectivity index (χ4v) is 6.93. The van der Waals surface area contributed by atoms with Gasteiger partial charge in [-0.3, -0.25) is 4.79 Å². The number of ether oxygens (including phenoxy) is 1. The molecule has 0 saturated heterocycles. The van der Waals surface area contributed by atoms with Crippen LogP contribution in [0.3, 0.4) is 0 Å². The number of aryl methyl sites for hydroxylation is 1. The van der Waals surface area contributed by atoms with Crippen LogP contribution in [0.2, 0.25) is 0 Å². The molecule has 1 atom stereocenters. The van der Waals surface area contributed by atoms with Gasteiger partial charge in [0.1, 0.15) is 10.6 Å². The number of carbonyl (C=O) groups excluding carboxylic acids is 1. The van der Waals surface area contributed by atoms with Crippen LogP contribution in [-0.2, 0) is 16.4 Å². The maximum Gasteiger partial charge on any atom is 0.254 e. The van der Waals surface area contributed by atoms with Gasteiger partial charge in [-0.2, -0.15) is 0 Å². The van der Waals surface area contributed by atoms with Gasteiger partial charge in [-0.1, -0.05) is 37.1 Å². The molecule has 0 heterocycles. The van der Waals surface area contributed by atoms with Gasteiger partial charge >= 0.3 is 0 Å². The number of hydrogen-bond acceptors (Lipinski definition) is 4. The number of rotatable bonds is 7. The Kier molecular flexibility index (Phi) is 6.18. The molecule has 1 unspecified atom stereocenters. The lowest BCUT2D eigenvalue weighted by Crippen LogP contribution is -2.38. The number of methoxy groups -OCH3 is 1. The van der Waals surface area contributed by atoms with Crippen LogP contribution in [0.5, 0.6) is 5.75 Å². The standard InChI is InChI=1S/C26H32N2O4S/c1-32-24-16-13-19(17-25(24)33(30,31)27-20-9-3-4-10-20)26(29)28(21-14-15-21)23-12-6-8-18-7-2-5-11-22(18)23/h2,5,7,11,13,16-17,20-21,23,27H,3-4,6,8-10,12,14-15H2,1H3. The number of hydrogen-bond donors (Lipinski definition) is 1. The summed E-state index contributed by atoms with van der Waals surface area (Å²) in [7, 11) is -2.33. The predicted octanol–water partition coefficient (Wildman–Crippen LogP) is 4.60. The quantitative estimate of drug-likeness (QED) is 0.644. The molecule has 0 aromatic heterocycles. The lowest BCUT2D eigenvalue weighted by Gasteiger charge is -2.36. The van der Waals surface area contributed by atoms with Crippen LogP contribution in [0.4, 0.5) is 0 Å². The molecule has 2 fully saturated rings. The van der Waals surface area contributed by atoms with Crippen LogP contribution in [0.15, 0.2) is 47.4 Å². The molecule has 0 spiro atoms. The Balaban J connectivity index is 1.48. The fraction of sp³-hybridized carbons (Fsp3) is 0.500. The average molecular weight is 469 g/mol. The first-order valence-corrected chi connectivity index (χ1v) is 13.6. The molecular weight excluding hydrogens is 436 g/mol. The Morgan fingerprint density at radius 3 is 2.48 bits per heavy atom. The summed E-state index contributed by atoms with van der Waals surface area (Å²) in [6.07, 6.45) is 8.76. The Morgan fingerprint density at radius 2 is 1.76 bits per heavy atom. The van der Waals surface area contributed by atoms with Crippen LogP contribution >= 0.6 is 0 Å². The summed E-state index contributed by atoms with van der Waals surface area (Å²) in [5, 5.41) is 0. The van der Waals surface area contributed by atoms with Crippen molar-refractivity contribution in [2.75, 3.05) is 7.11 Å². The van der Waals surface area contributed by atoms with Crippen LogP contribution in [-0.4, -0.2) is 38.4 Å². The molecule has 176 valence electrons. The summed E-state index contributed by atoms with van der Waals surface area (Å²) in [5.41, 5.74) is 2.94. The number of nitrogens with zero attached hydrogens (tertiary/aromatic N) is 1. The highest BCUT2D eigenvalue weighted by Crippen LogP contribution is 2.42. The minimum Gasteiger partial charge on any atom is -0.495 e. The summed E-state index contributed by atoms with van der Waals surface area (Å²) >= 11 is 0. The third-order valence-corrected chi connectivity index (χ3v) is 8.77. The van der Waals surface area contributed by atoms with Gasteiger partial charge < -0.3 is 9.64 Å². The van der Waals surface area contributed by atoms with Gasteiger partial charge in [-0.15, -0.1) is 0 Å². The van der Waals surface area contributed by atoms with Gasteiger partial charge in [0.05, 0.1) is 13.2 Å². The second-order valence-corrected chi connectivity index (χ2v) is 11.2. The van der Waals surface area contributed by atoms with Crippen molar-refractivity contribution in [1.29, 1.82) is 0 Å². The number of carbonyl (C=O) groups is 1.